The minimum atomic E-state index is -5.80. The lowest BCUT2D eigenvalue weighted by atomic mass is 10.2. The first-order chi connectivity index (χ1) is 14.0. The normalized spacial score (nSPS) is 36.4. The van der Waals surface area contributed by atoms with Crippen molar-refractivity contribution in [3.05, 3.63) is 33.1 Å². The van der Waals surface area contributed by atoms with Crippen LogP contribution in [0.3, 0.4) is 0 Å². The minimum Gasteiger partial charge on any atom is -0.382 e. The summed E-state index contributed by atoms with van der Waals surface area (Å²) in [7, 11) is -17.0. The zero-order valence-corrected chi connectivity index (χ0v) is 18.7. The SMILES string of the molecule is O=c1ccn([C@@H]2O[C@]3(CCl)C(OP(=O)(O)OP(=O)(O)OP(=O)(O)O)[C@]3(O)[C@H]2Cl)c(=O)[nH]1. The summed E-state index contributed by atoms with van der Waals surface area (Å²) in [6.45, 7) is 0. The number of aromatic amines is 1. The molecule has 2 fully saturated rings. The van der Waals surface area contributed by atoms with Gasteiger partial charge < -0.3 is 29.4 Å². The molecule has 0 spiro atoms. The molecule has 3 unspecified atom stereocenters. The largest absolute Gasteiger partial charge is 0.490 e. The minimum absolute atomic E-state index is 0.623. The molecule has 21 heteroatoms. The lowest BCUT2D eigenvalue weighted by Crippen LogP contribution is -2.39. The molecule has 31 heavy (non-hydrogen) atoms. The first kappa shape index (κ1) is 25.2. The average molecular weight is 549 g/mol. The fourth-order valence-electron chi connectivity index (χ4n) is 3.14. The Labute approximate surface area is 180 Å². The molecule has 176 valence electrons. The van der Waals surface area contributed by atoms with Crippen molar-refractivity contribution in [3.63, 3.8) is 0 Å². The van der Waals surface area contributed by atoms with Crippen molar-refractivity contribution in [1.29, 1.82) is 0 Å². The molecule has 16 nitrogen and oxygen atoms in total. The van der Waals surface area contributed by atoms with Gasteiger partial charge >= 0.3 is 29.2 Å². The molecule has 0 aromatic carbocycles. The van der Waals surface area contributed by atoms with Gasteiger partial charge in [-0.1, -0.05) is 0 Å². The summed E-state index contributed by atoms with van der Waals surface area (Å²) >= 11 is 12.0. The van der Waals surface area contributed by atoms with E-state index in [0.717, 1.165) is 16.8 Å². The third kappa shape index (κ3) is 4.52. The number of hydrogen-bond acceptors (Lipinski definition) is 10. The first-order valence-electron chi connectivity index (χ1n) is 7.72. The molecule has 2 heterocycles. The van der Waals surface area contributed by atoms with E-state index in [9.17, 15) is 38.2 Å². The number of aliphatic hydroxyl groups is 1. The Morgan fingerprint density at radius 3 is 2.26 bits per heavy atom. The van der Waals surface area contributed by atoms with Crippen molar-refractivity contribution in [2.24, 2.45) is 0 Å². The van der Waals surface area contributed by atoms with Crippen LogP contribution in [0.2, 0.25) is 0 Å². The van der Waals surface area contributed by atoms with E-state index in [0.29, 0.717) is 0 Å². The van der Waals surface area contributed by atoms with Crippen LogP contribution in [0.25, 0.3) is 0 Å². The summed E-state index contributed by atoms with van der Waals surface area (Å²) in [4.78, 5) is 61.0. The molecule has 1 saturated carbocycles. The zero-order chi connectivity index (χ0) is 23.6. The highest BCUT2D eigenvalue weighted by atomic mass is 35.5. The summed E-state index contributed by atoms with van der Waals surface area (Å²) in [5, 5.41) is 9.28. The maximum absolute atomic E-state index is 12.0. The number of halogens is 2. The van der Waals surface area contributed by atoms with E-state index in [2.05, 4.69) is 13.1 Å². The van der Waals surface area contributed by atoms with Crippen molar-refractivity contribution in [3.8, 4) is 0 Å². The van der Waals surface area contributed by atoms with Crippen LogP contribution in [-0.4, -0.2) is 62.8 Å². The number of hydrogen-bond donors (Lipinski definition) is 6. The molecule has 0 bridgehead atoms. The Hall–Kier alpha value is -0.410. The Kier molecular flexibility index (Phi) is 6.37. The van der Waals surface area contributed by atoms with Gasteiger partial charge in [0.2, 0.25) is 0 Å². The van der Waals surface area contributed by atoms with Crippen LogP contribution in [0.1, 0.15) is 6.23 Å². The van der Waals surface area contributed by atoms with Gasteiger partial charge in [0.1, 0.15) is 22.7 Å². The van der Waals surface area contributed by atoms with Gasteiger partial charge in [0.05, 0.1) is 5.88 Å². The fraction of sp³-hybridized carbons (Fsp3) is 0.600. The van der Waals surface area contributed by atoms with Crippen LogP contribution < -0.4 is 11.2 Å². The van der Waals surface area contributed by atoms with Gasteiger partial charge in [-0.25, -0.2) is 18.5 Å². The molecule has 1 saturated heterocycles. The maximum Gasteiger partial charge on any atom is 0.490 e. The third-order valence-corrected chi connectivity index (χ3v) is 9.15. The second-order valence-corrected chi connectivity index (χ2v) is 11.5. The molecule has 0 radical (unpaired) electrons. The zero-order valence-electron chi connectivity index (χ0n) is 14.5. The molecule has 0 amide bonds. The number of ether oxygens (including phenoxy) is 1. The number of rotatable bonds is 8. The quantitative estimate of drug-likeness (QED) is 0.170. The van der Waals surface area contributed by atoms with Crippen LogP contribution in [0.15, 0.2) is 21.9 Å². The first-order valence-corrected chi connectivity index (χ1v) is 13.2. The van der Waals surface area contributed by atoms with E-state index >= 15 is 0 Å². The average Bonchev–Trinajstić information content (AvgIpc) is 2.95. The lowest BCUT2D eigenvalue weighted by molar-refractivity contribution is -0.0551. The Bertz CT molecular complexity index is 1150. The molecule has 1 aromatic rings. The highest BCUT2D eigenvalue weighted by Gasteiger charge is 2.89. The number of phosphoric acid groups is 3. The van der Waals surface area contributed by atoms with E-state index in [4.69, 9.17) is 37.7 Å². The second-order valence-electron chi connectivity index (χ2n) is 6.35. The summed E-state index contributed by atoms with van der Waals surface area (Å²) in [5.74, 6) is -0.623. The number of nitrogens with one attached hydrogen (secondary N) is 1. The highest BCUT2D eigenvalue weighted by molar-refractivity contribution is 7.66. The van der Waals surface area contributed by atoms with Crippen molar-refractivity contribution < 1.29 is 56.3 Å². The Morgan fingerprint density at radius 2 is 1.77 bits per heavy atom. The van der Waals surface area contributed by atoms with Gasteiger partial charge in [-0.2, -0.15) is 8.62 Å². The van der Waals surface area contributed by atoms with Crippen LogP contribution in [0.4, 0.5) is 0 Å². The molecule has 3 rings (SSSR count). The number of phosphoric ester groups is 1. The lowest BCUT2D eigenvalue weighted by Gasteiger charge is -2.25. The Morgan fingerprint density at radius 1 is 1.16 bits per heavy atom. The predicted molar refractivity (Wildman–Crippen MR) is 98.2 cm³/mol. The monoisotopic (exact) mass is 548 g/mol. The third-order valence-electron chi connectivity index (χ3n) is 4.40. The van der Waals surface area contributed by atoms with E-state index in [1.54, 1.807) is 0 Å². The molecule has 1 aromatic heterocycles. The molecular weight excluding hydrogens is 536 g/mol. The van der Waals surface area contributed by atoms with Gasteiger partial charge in [-0.05, 0) is 0 Å². The second kappa shape index (κ2) is 7.83. The van der Waals surface area contributed by atoms with Gasteiger partial charge in [-0.3, -0.25) is 18.9 Å². The number of H-pyrrole nitrogens is 1. The van der Waals surface area contributed by atoms with E-state index in [1.165, 1.54) is 0 Å². The number of fused-ring (bicyclic) bond motifs is 1. The van der Waals surface area contributed by atoms with E-state index in [-0.39, 0.29) is 0 Å². The number of nitrogens with zero attached hydrogens (tertiary/aromatic N) is 1. The predicted octanol–water partition coefficient (Wildman–Crippen LogP) is -0.893. The topological polar surface area (TPSA) is 244 Å². The van der Waals surface area contributed by atoms with E-state index < -0.39 is 69.5 Å². The smallest absolute Gasteiger partial charge is 0.382 e. The molecule has 2 aliphatic rings. The molecule has 1 aliphatic carbocycles. The summed E-state index contributed by atoms with van der Waals surface area (Å²) < 4.78 is 52.2. The van der Waals surface area contributed by atoms with Gasteiger partial charge in [0.25, 0.3) is 5.56 Å². The van der Waals surface area contributed by atoms with Crippen LogP contribution in [-0.2, 0) is 31.6 Å². The maximum atomic E-state index is 12.0. The number of alkyl halides is 2. The van der Waals surface area contributed by atoms with Crippen molar-refractivity contribution in [1.82, 2.24) is 9.55 Å². The van der Waals surface area contributed by atoms with Gasteiger partial charge in [0, 0.05) is 12.3 Å². The van der Waals surface area contributed by atoms with Crippen LogP contribution in [0.5, 0.6) is 0 Å². The number of aromatic nitrogens is 2. The van der Waals surface area contributed by atoms with Crippen molar-refractivity contribution in [2.45, 2.75) is 28.9 Å². The summed E-state index contributed by atoms with van der Waals surface area (Å²) in [6, 6.07) is 0.958. The molecule has 1 aliphatic heterocycles. The highest BCUT2D eigenvalue weighted by Crippen LogP contribution is 2.72. The molecule has 6 N–H and O–H groups in total. The van der Waals surface area contributed by atoms with Crippen molar-refractivity contribution in [2.75, 3.05) is 5.88 Å². The summed E-state index contributed by atoms with van der Waals surface area (Å²) in [5.41, 5.74) is -6.02. The fourth-order valence-corrected chi connectivity index (χ4v) is 7.28. The molecule has 7 atom stereocenters. The Balaban J connectivity index is 1.82. The van der Waals surface area contributed by atoms with Crippen LogP contribution in [0, 0.1) is 0 Å². The molecular formula is C10H13Cl2N2O14P3. The van der Waals surface area contributed by atoms with E-state index in [1.807, 2.05) is 4.98 Å². The standard InChI is InChI=1S/C10H13Cl2N2O14P3/c11-3-9-7(26-30(21,22)28-31(23,24)27-29(18,19)20)10(9,17)5(12)6(25-9)14-2-1-4(15)13-8(14)16/h1-2,5-7,17H,3H2,(H,21,22)(H,23,24)(H,13,15,16)(H2,18,19,20)/t5-,6+,7?,9+,10+/m0/s1. The van der Waals surface area contributed by atoms with Crippen LogP contribution >= 0.6 is 46.7 Å². The van der Waals surface area contributed by atoms with Crippen molar-refractivity contribution >= 4 is 46.7 Å². The van der Waals surface area contributed by atoms with Gasteiger partial charge in [-0.15, -0.1) is 23.2 Å². The summed E-state index contributed by atoms with van der Waals surface area (Å²) in [6.07, 6.45) is -2.26. The van der Waals surface area contributed by atoms with Gasteiger partial charge in [0.15, 0.2) is 6.23 Å².